The van der Waals surface area contributed by atoms with Crippen molar-refractivity contribution in [3.63, 3.8) is 0 Å². The Balaban J connectivity index is 1.64. The number of hydrogen-bond acceptors (Lipinski definition) is 4. The summed E-state index contributed by atoms with van der Waals surface area (Å²) in [6.07, 6.45) is -0.363. The standard InChI is InChI=1S/C21H21NO5/c23-18(17-9-5-2-6-10-17)21(19(24)25)11-13-22(14-12-21)20(26)27-15-16-7-3-1-4-8-16/h1-10H,11-15H2,(H,24,25). The van der Waals surface area contributed by atoms with E-state index in [1.807, 2.05) is 30.3 Å². The second-order valence-corrected chi connectivity index (χ2v) is 6.61. The Bertz CT molecular complexity index is 811. The van der Waals surface area contributed by atoms with Gasteiger partial charge in [0.2, 0.25) is 0 Å². The number of aliphatic carboxylic acids is 1. The smallest absolute Gasteiger partial charge is 0.410 e. The molecule has 0 spiro atoms. The molecule has 0 atom stereocenters. The number of carbonyl (C=O) groups excluding carboxylic acids is 2. The number of carboxylic acid groups (broad SMARTS) is 1. The summed E-state index contributed by atoms with van der Waals surface area (Å²) in [4.78, 5) is 38.5. The van der Waals surface area contributed by atoms with Gasteiger partial charge in [-0.15, -0.1) is 0 Å². The number of amides is 1. The number of hydrogen-bond donors (Lipinski definition) is 1. The van der Waals surface area contributed by atoms with Crippen molar-refractivity contribution in [2.24, 2.45) is 5.41 Å². The zero-order valence-corrected chi connectivity index (χ0v) is 14.8. The highest BCUT2D eigenvalue weighted by molar-refractivity contribution is 6.12. The van der Waals surface area contributed by atoms with Crippen LogP contribution in [0.3, 0.4) is 0 Å². The molecule has 0 aliphatic carbocycles. The van der Waals surface area contributed by atoms with Gasteiger partial charge in [0.1, 0.15) is 12.0 Å². The van der Waals surface area contributed by atoms with E-state index in [-0.39, 0.29) is 32.5 Å². The van der Waals surface area contributed by atoms with Crippen LogP contribution in [0.5, 0.6) is 0 Å². The summed E-state index contributed by atoms with van der Waals surface area (Å²) in [6, 6.07) is 17.7. The lowest BCUT2D eigenvalue weighted by atomic mass is 9.73. The number of benzene rings is 2. The third-order valence-electron chi connectivity index (χ3n) is 4.96. The van der Waals surface area contributed by atoms with E-state index in [4.69, 9.17) is 4.74 Å². The fraction of sp³-hybridized carbons (Fsp3) is 0.286. The number of carbonyl (C=O) groups is 3. The number of Topliss-reactive ketones (excluding diaryl/α,β-unsaturated/α-hetero) is 1. The van der Waals surface area contributed by atoms with Gasteiger partial charge in [-0.2, -0.15) is 0 Å². The normalized spacial score (nSPS) is 15.8. The molecule has 3 rings (SSSR count). The van der Waals surface area contributed by atoms with E-state index in [2.05, 4.69) is 0 Å². The summed E-state index contributed by atoms with van der Waals surface area (Å²) in [6.45, 7) is 0.486. The summed E-state index contributed by atoms with van der Waals surface area (Å²) in [5, 5.41) is 9.74. The van der Waals surface area contributed by atoms with E-state index in [1.54, 1.807) is 30.3 Å². The molecule has 1 aliphatic heterocycles. The lowest BCUT2D eigenvalue weighted by molar-refractivity contribution is -0.148. The van der Waals surface area contributed by atoms with Crippen LogP contribution in [0.15, 0.2) is 60.7 Å². The van der Waals surface area contributed by atoms with Crippen LogP contribution in [0.4, 0.5) is 4.79 Å². The first-order chi connectivity index (χ1) is 13.0. The number of carboxylic acids is 1. The minimum atomic E-state index is -1.50. The van der Waals surface area contributed by atoms with Crippen molar-refractivity contribution >= 4 is 17.8 Å². The van der Waals surface area contributed by atoms with Gasteiger partial charge >= 0.3 is 12.1 Å². The summed E-state index contributed by atoms with van der Waals surface area (Å²) in [7, 11) is 0. The van der Waals surface area contributed by atoms with Crippen LogP contribution in [-0.2, 0) is 16.1 Å². The maximum absolute atomic E-state index is 12.8. The second-order valence-electron chi connectivity index (χ2n) is 6.61. The van der Waals surface area contributed by atoms with Crippen molar-refractivity contribution in [1.29, 1.82) is 0 Å². The number of ketones is 1. The van der Waals surface area contributed by atoms with Crippen molar-refractivity contribution in [3.05, 3.63) is 71.8 Å². The Hall–Kier alpha value is -3.15. The Morgan fingerprint density at radius 2 is 1.48 bits per heavy atom. The molecule has 0 saturated carbocycles. The maximum atomic E-state index is 12.8. The molecule has 1 saturated heterocycles. The first-order valence-electron chi connectivity index (χ1n) is 8.82. The molecule has 1 amide bonds. The molecule has 27 heavy (non-hydrogen) atoms. The first-order valence-corrected chi connectivity index (χ1v) is 8.82. The zero-order chi connectivity index (χ0) is 19.3. The molecular formula is C21H21NO5. The molecule has 1 N–H and O–H groups in total. The molecule has 140 valence electrons. The van der Waals surface area contributed by atoms with Gasteiger partial charge in [0.15, 0.2) is 5.78 Å². The van der Waals surface area contributed by atoms with Crippen molar-refractivity contribution in [2.45, 2.75) is 19.4 Å². The third-order valence-corrected chi connectivity index (χ3v) is 4.96. The van der Waals surface area contributed by atoms with Gasteiger partial charge in [-0.3, -0.25) is 9.59 Å². The lowest BCUT2D eigenvalue weighted by Gasteiger charge is -2.37. The van der Waals surface area contributed by atoms with E-state index >= 15 is 0 Å². The van der Waals surface area contributed by atoms with Gasteiger partial charge in [-0.25, -0.2) is 4.79 Å². The molecule has 2 aromatic rings. The molecular weight excluding hydrogens is 346 g/mol. The topological polar surface area (TPSA) is 83.9 Å². The van der Waals surface area contributed by atoms with E-state index in [1.165, 1.54) is 4.90 Å². The lowest BCUT2D eigenvalue weighted by Crippen LogP contribution is -2.50. The minimum Gasteiger partial charge on any atom is -0.480 e. The Morgan fingerprint density at radius 1 is 0.926 bits per heavy atom. The highest BCUT2D eigenvalue weighted by Crippen LogP contribution is 2.35. The molecule has 1 aliphatic rings. The Morgan fingerprint density at radius 3 is 2.04 bits per heavy atom. The molecule has 0 aromatic heterocycles. The van der Waals surface area contributed by atoms with Crippen LogP contribution >= 0.6 is 0 Å². The predicted octanol–water partition coefficient (Wildman–Crippen LogP) is 3.37. The second kappa shape index (κ2) is 8.03. The van der Waals surface area contributed by atoms with E-state index in [0.717, 1.165) is 5.56 Å². The summed E-state index contributed by atoms with van der Waals surface area (Å²) in [5.41, 5.74) is -0.251. The van der Waals surface area contributed by atoms with Crippen molar-refractivity contribution < 1.29 is 24.2 Å². The van der Waals surface area contributed by atoms with Crippen LogP contribution in [0.1, 0.15) is 28.8 Å². The van der Waals surface area contributed by atoms with Crippen LogP contribution in [0, 0.1) is 5.41 Å². The van der Waals surface area contributed by atoms with E-state index < -0.39 is 23.3 Å². The van der Waals surface area contributed by atoms with Gasteiger partial charge in [-0.1, -0.05) is 60.7 Å². The minimum absolute atomic E-state index is 0.0660. The number of likely N-dealkylation sites (tertiary alicyclic amines) is 1. The first kappa shape index (κ1) is 18.6. The summed E-state index contributed by atoms with van der Waals surface area (Å²) < 4.78 is 5.30. The van der Waals surface area contributed by atoms with E-state index in [0.29, 0.717) is 5.56 Å². The maximum Gasteiger partial charge on any atom is 0.410 e. The predicted molar refractivity (Wildman–Crippen MR) is 98.3 cm³/mol. The fourth-order valence-electron chi connectivity index (χ4n) is 3.29. The Kier molecular flexibility index (Phi) is 5.54. The molecule has 6 nitrogen and oxygen atoms in total. The number of nitrogens with zero attached hydrogens (tertiary/aromatic N) is 1. The van der Waals surface area contributed by atoms with Crippen molar-refractivity contribution in [3.8, 4) is 0 Å². The van der Waals surface area contributed by atoms with Gasteiger partial charge in [0.25, 0.3) is 0 Å². The molecule has 1 fully saturated rings. The average molecular weight is 367 g/mol. The van der Waals surface area contributed by atoms with Crippen LogP contribution < -0.4 is 0 Å². The molecule has 0 unspecified atom stereocenters. The fourth-order valence-corrected chi connectivity index (χ4v) is 3.29. The summed E-state index contributed by atoms with van der Waals surface area (Å²) in [5.74, 6) is -1.55. The largest absolute Gasteiger partial charge is 0.480 e. The van der Waals surface area contributed by atoms with Crippen molar-refractivity contribution in [1.82, 2.24) is 4.90 Å². The van der Waals surface area contributed by atoms with Crippen LogP contribution in [-0.4, -0.2) is 40.9 Å². The van der Waals surface area contributed by atoms with Crippen LogP contribution in [0.2, 0.25) is 0 Å². The van der Waals surface area contributed by atoms with Crippen molar-refractivity contribution in [2.75, 3.05) is 13.1 Å². The van der Waals surface area contributed by atoms with Gasteiger partial charge in [-0.05, 0) is 18.4 Å². The quantitative estimate of drug-likeness (QED) is 0.647. The SMILES string of the molecule is O=C(OCc1ccccc1)N1CCC(C(=O)O)(C(=O)c2ccccc2)CC1. The molecule has 0 radical (unpaired) electrons. The molecule has 2 aromatic carbocycles. The Labute approximate surface area is 157 Å². The monoisotopic (exact) mass is 367 g/mol. The average Bonchev–Trinajstić information content (AvgIpc) is 2.72. The molecule has 1 heterocycles. The third kappa shape index (κ3) is 4.00. The number of ether oxygens (including phenoxy) is 1. The highest BCUT2D eigenvalue weighted by Gasteiger charge is 2.49. The van der Waals surface area contributed by atoms with Crippen LogP contribution in [0.25, 0.3) is 0 Å². The highest BCUT2D eigenvalue weighted by atomic mass is 16.6. The van der Waals surface area contributed by atoms with Gasteiger partial charge < -0.3 is 14.7 Å². The molecule has 0 bridgehead atoms. The summed E-state index contributed by atoms with van der Waals surface area (Å²) >= 11 is 0. The molecule has 6 heteroatoms. The zero-order valence-electron chi connectivity index (χ0n) is 14.8. The number of rotatable bonds is 5. The number of piperidine rings is 1. The van der Waals surface area contributed by atoms with Gasteiger partial charge in [0, 0.05) is 18.7 Å². The van der Waals surface area contributed by atoms with Gasteiger partial charge in [0.05, 0.1) is 0 Å². The van der Waals surface area contributed by atoms with E-state index in [9.17, 15) is 19.5 Å².